The second-order valence-corrected chi connectivity index (χ2v) is 8.48. The molecule has 1 rings (SSSR count). The molecule has 0 bridgehead atoms. The van der Waals surface area contributed by atoms with Gasteiger partial charge < -0.3 is 39.5 Å². The van der Waals surface area contributed by atoms with Gasteiger partial charge in [-0.15, -0.1) is 0 Å². The molecule has 0 radical (unpaired) electrons. The van der Waals surface area contributed by atoms with Crippen molar-refractivity contribution in [2.24, 2.45) is 0 Å². The van der Waals surface area contributed by atoms with E-state index in [1.807, 2.05) is 0 Å². The van der Waals surface area contributed by atoms with Crippen LogP contribution in [0.25, 0.3) is 0 Å². The second-order valence-electron chi connectivity index (χ2n) is 7.25. The summed E-state index contributed by atoms with van der Waals surface area (Å²) in [6.07, 6.45) is -3.24. The SMILES string of the molecule is CC(CO)(CCO)OCC(=O)NCC(=O)OC(COC(=O)N1C(=O)CCC1=O)COP(=O)(O)O. The Morgan fingerprint density at radius 1 is 1.15 bits per heavy atom. The van der Waals surface area contributed by atoms with Crippen LogP contribution in [0.3, 0.4) is 0 Å². The van der Waals surface area contributed by atoms with E-state index < -0.39 is 82.3 Å². The van der Waals surface area contributed by atoms with Gasteiger partial charge in [-0.1, -0.05) is 0 Å². The monoisotopic (exact) mass is 514 g/mol. The molecule has 1 heterocycles. The van der Waals surface area contributed by atoms with E-state index in [0.29, 0.717) is 0 Å². The highest BCUT2D eigenvalue weighted by Gasteiger charge is 2.36. The summed E-state index contributed by atoms with van der Waals surface area (Å²) in [5.74, 6) is -3.49. The standard InChI is InChI=1S/C17H27N2O14P/c1-17(10-21,4-5-20)31-9-12(22)18-6-15(25)33-11(8-32-34(27,28)29)7-30-16(26)19-13(23)2-3-14(19)24/h11,20-21H,2-10H2,1H3,(H,18,22)(H2,27,28,29). The molecule has 2 unspecified atom stereocenters. The second kappa shape index (κ2) is 13.4. The first-order valence-corrected chi connectivity index (χ1v) is 11.4. The molecular formula is C17H27N2O14P. The zero-order chi connectivity index (χ0) is 25.9. The number of phosphoric acid groups is 1. The summed E-state index contributed by atoms with van der Waals surface area (Å²) >= 11 is 0. The Morgan fingerprint density at radius 2 is 1.76 bits per heavy atom. The molecule has 5 N–H and O–H groups in total. The van der Waals surface area contributed by atoms with Crippen LogP contribution in [0.4, 0.5) is 4.79 Å². The number of ether oxygens (including phenoxy) is 3. The number of nitrogens with one attached hydrogen (secondary N) is 1. The van der Waals surface area contributed by atoms with Crippen LogP contribution >= 0.6 is 7.82 Å². The number of esters is 1. The Balaban J connectivity index is 2.58. The van der Waals surface area contributed by atoms with Crippen LogP contribution in [0.5, 0.6) is 0 Å². The van der Waals surface area contributed by atoms with Crippen molar-refractivity contribution >= 4 is 37.6 Å². The fraction of sp³-hybridized carbons (Fsp3) is 0.706. The van der Waals surface area contributed by atoms with Gasteiger partial charge in [-0.05, 0) is 6.92 Å². The molecule has 0 aromatic carbocycles. The summed E-state index contributed by atoms with van der Waals surface area (Å²) < 4.78 is 29.9. The van der Waals surface area contributed by atoms with Crippen LogP contribution in [-0.2, 0) is 42.5 Å². The summed E-state index contributed by atoms with van der Waals surface area (Å²) in [6, 6.07) is 0. The van der Waals surface area contributed by atoms with Crippen LogP contribution in [0.2, 0.25) is 0 Å². The zero-order valence-electron chi connectivity index (χ0n) is 18.2. The first-order chi connectivity index (χ1) is 15.8. The molecule has 16 nitrogen and oxygen atoms in total. The van der Waals surface area contributed by atoms with Crippen molar-refractivity contribution < 1.29 is 67.3 Å². The lowest BCUT2D eigenvalue weighted by Gasteiger charge is -2.26. The Bertz CT molecular complexity index is 798. The highest BCUT2D eigenvalue weighted by molar-refractivity contribution is 7.46. The Kier molecular flexibility index (Phi) is 11.7. The molecule has 194 valence electrons. The molecule has 1 aliphatic heterocycles. The van der Waals surface area contributed by atoms with Crippen molar-refractivity contribution in [1.29, 1.82) is 0 Å². The van der Waals surface area contributed by atoms with Crippen molar-refractivity contribution in [2.45, 2.75) is 37.9 Å². The fourth-order valence-corrected chi connectivity index (χ4v) is 2.79. The average molecular weight is 514 g/mol. The highest BCUT2D eigenvalue weighted by Crippen LogP contribution is 2.35. The number of carbonyl (C=O) groups excluding carboxylic acids is 5. The molecule has 2 atom stereocenters. The number of rotatable bonds is 14. The van der Waals surface area contributed by atoms with Crippen molar-refractivity contribution in [3.05, 3.63) is 0 Å². The van der Waals surface area contributed by atoms with E-state index >= 15 is 0 Å². The molecule has 0 spiro atoms. The van der Waals surface area contributed by atoms with Gasteiger partial charge in [0, 0.05) is 25.9 Å². The number of phosphoric ester groups is 1. The van der Waals surface area contributed by atoms with Crippen LogP contribution in [0.1, 0.15) is 26.2 Å². The zero-order valence-corrected chi connectivity index (χ0v) is 19.1. The van der Waals surface area contributed by atoms with Crippen LogP contribution in [0, 0.1) is 0 Å². The summed E-state index contributed by atoms with van der Waals surface area (Å²) in [4.78, 5) is 76.7. The van der Waals surface area contributed by atoms with E-state index in [0.717, 1.165) is 0 Å². The number of aliphatic hydroxyl groups excluding tert-OH is 2. The van der Waals surface area contributed by atoms with Crippen molar-refractivity contribution in [1.82, 2.24) is 10.2 Å². The van der Waals surface area contributed by atoms with E-state index in [9.17, 15) is 33.6 Å². The summed E-state index contributed by atoms with van der Waals surface area (Å²) in [7, 11) is -4.99. The fourth-order valence-electron chi connectivity index (χ4n) is 2.43. The maximum Gasteiger partial charge on any atom is 0.469 e. The van der Waals surface area contributed by atoms with Gasteiger partial charge in [0.15, 0.2) is 6.10 Å². The Labute approximate surface area is 193 Å². The number of carbonyl (C=O) groups is 5. The van der Waals surface area contributed by atoms with Gasteiger partial charge in [-0.3, -0.25) is 23.7 Å². The van der Waals surface area contributed by atoms with Gasteiger partial charge in [-0.2, -0.15) is 4.90 Å². The number of likely N-dealkylation sites (tertiary alicyclic amines) is 1. The lowest BCUT2D eigenvalue weighted by Crippen LogP contribution is -2.41. The molecule has 34 heavy (non-hydrogen) atoms. The van der Waals surface area contributed by atoms with Gasteiger partial charge in [0.05, 0.1) is 18.8 Å². The maximum absolute atomic E-state index is 12.0. The number of aliphatic hydroxyl groups is 2. The largest absolute Gasteiger partial charge is 0.469 e. The van der Waals surface area contributed by atoms with Gasteiger partial charge >= 0.3 is 19.9 Å². The lowest BCUT2D eigenvalue weighted by molar-refractivity contribution is -0.154. The molecule has 17 heteroatoms. The molecule has 0 aromatic heterocycles. The van der Waals surface area contributed by atoms with Crippen molar-refractivity contribution in [3.8, 4) is 0 Å². The molecule has 0 aromatic rings. The number of hydrogen-bond acceptors (Lipinski definition) is 12. The third-order valence-electron chi connectivity index (χ3n) is 4.31. The minimum Gasteiger partial charge on any atom is -0.455 e. The van der Waals surface area contributed by atoms with Crippen LogP contribution in [0.15, 0.2) is 0 Å². The Morgan fingerprint density at radius 3 is 2.29 bits per heavy atom. The van der Waals surface area contributed by atoms with Gasteiger partial charge in [-0.25, -0.2) is 9.36 Å². The predicted octanol–water partition coefficient (Wildman–Crippen LogP) is -2.44. The molecule has 0 saturated carbocycles. The molecule has 1 fully saturated rings. The maximum atomic E-state index is 12.0. The van der Waals surface area contributed by atoms with E-state index in [4.69, 9.17) is 29.1 Å². The predicted molar refractivity (Wildman–Crippen MR) is 106 cm³/mol. The Hall–Kier alpha value is -2.46. The van der Waals surface area contributed by atoms with Crippen molar-refractivity contribution in [2.75, 3.05) is 39.6 Å². The summed E-state index contributed by atoms with van der Waals surface area (Å²) in [6.45, 7) is -2.34. The summed E-state index contributed by atoms with van der Waals surface area (Å²) in [5, 5.41) is 20.3. The smallest absolute Gasteiger partial charge is 0.455 e. The van der Waals surface area contributed by atoms with E-state index in [-0.39, 0.29) is 30.8 Å². The minimum absolute atomic E-state index is 0.0490. The van der Waals surface area contributed by atoms with Crippen LogP contribution in [-0.4, -0.2) is 106 Å². The quantitative estimate of drug-likeness (QED) is 0.0920. The van der Waals surface area contributed by atoms with Crippen LogP contribution < -0.4 is 5.32 Å². The third kappa shape index (κ3) is 10.6. The van der Waals surface area contributed by atoms with E-state index in [1.54, 1.807) is 0 Å². The van der Waals surface area contributed by atoms with Gasteiger partial charge in [0.2, 0.25) is 17.7 Å². The van der Waals surface area contributed by atoms with E-state index in [2.05, 4.69) is 9.84 Å². The number of amides is 4. The molecule has 0 aliphatic carbocycles. The highest BCUT2D eigenvalue weighted by atomic mass is 31.2. The molecular weight excluding hydrogens is 487 g/mol. The third-order valence-corrected chi connectivity index (χ3v) is 4.80. The number of imide groups is 3. The lowest BCUT2D eigenvalue weighted by atomic mass is 10.0. The molecule has 1 saturated heterocycles. The first-order valence-electron chi connectivity index (χ1n) is 9.84. The topological polar surface area (TPSA) is 236 Å². The first kappa shape index (κ1) is 29.6. The normalized spacial score (nSPS) is 16.7. The number of nitrogens with zero attached hydrogens (tertiary/aromatic N) is 1. The van der Waals surface area contributed by atoms with Gasteiger partial charge in [0.1, 0.15) is 19.8 Å². The number of hydrogen-bond donors (Lipinski definition) is 5. The van der Waals surface area contributed by atoms with E-state index in [1.165, 1.54) is 6.92 Å². The molecule has 4 amide bonds. The van der Waals surface area contributed by atoms with Crippen molar-refractivity contribution in [3.63, 3.8) is 0 Å². The van der Waals surface area contributed by atoms with Gasteiger partial charge in [0.25, 0.3) is 0 Å². The summed E-state index contributed by atoms with van der Waals surface area (Å²) in [5.41, 5.74) is -1.18. The minimum atomic E-state index is -4.99. The average Bonchev–Trinajstić information content (AvgIpc) is 3.10. The molecule has 1 aliphatic rings.